The first-order chi connectivity index (χ1) is 18.0. The summed E-state index contributed by atoms with van der Waals surface area (Å²) in [6.45, 7) is -1.02. The monoisotopic (exact) mass is 554 g/mol. The molecule has 15 nitrogen and oxygen atoms in total. The maximum absolute atomic E-state index is 12.0. The zero-order valence-electron chi connectivity index (χ0n) is 21.7. The number of unbranched alkanes of at least 4 members (excludes halogenated alkanes) is 1. The largest absolute Gasteiger partial charge is 0.394 e. The van der Waals surface area contributed by atoms with Crippen LogP contribution in [0.25, 0.3) is 0 Å². The van der Waals surface area contributed by atoms with E-state index in [0.717, 1.165) is 0 Å². The zero-order chi connectivity index (χ0) is 28.4. The molecule has 0 aromatic rings. The van der Waals surface area contributed by atoms with Crippen molar-refractivity contribution < 1.29 is 64.4 Å². The van der Waals surface area contributed by atoms with Gasteiger partial charge in [-0.3, -0.25) is 9.59 Å². The van der Waals surface area contributed by atoms with Gasteiger partial charge in [0.25, 0.3) is 0 Å². The fourth-order valence-electron chi connectivity index (χ4n) is 4.32. The lowest BCUT2D eigenvalue weighted by atomic mass is 9.92. The molecule has 38 heavy (non-hydrogen) atoms. The first kappa shape index (κ1) is 32.7. The number of carbonyl (C=O) groups is 2. The van der Waals surface area contributed by atoms with Crippen molar-refractivity contribution in [2.24, 2.45) is 0 Å². The molecule has 6 unspecified atom stereocenters. The van der Waals surface area contributed by atoms with E-state index >= 15 is 0 Å². The normalized spacial score (nSPS) is 35.7. The van der Waals surface area contributed by atoms with Crippen LogP contribution in [0, 0.1) is 0 Å². The summed E-state index contributed by atoms with van der Waals surface area (Å²) >= 11 is 0. The van der Waals surface area contributed by atoms with Gasteiger partial charge in [0.15, 0.2) is 6.29 Å². The first-order valence-electron chi connectivity index (χ1n) is 12.7. The molecule has 0 spiro atoms. The highest BCUT2D eigenvalue weighted by atomic mass is 16.7. The summed E-state index contributed by atoms with van der Waals surface area (Å²) in [4.78, 5) is 28.4. The number of nitrogens with zero attached hydrogens (tertiary/aromatic N) is 1. The first-order valence-corrected chi connectivity index (χ1v) is 12.7. The minimum Gasteiger partial charge on any atom is -0.394 e. The highest BCUT2D eigenvalue weighted by molar-refractivity contribution is 5.75. The van der Waals surface area contributed by atoms with Crippen molar-refractivity contribution in [3.05, 3.63) is 0 Å². The third-order valence-corrected chi connectivity index (χ3v) is 6.41. The van der Waals surface area contributed by atoms with Crippen molar-refractivity contribution in [2.45, 2.75) is 99.8 Å². The molecular weight excluding hydrogens is 512 g/mol. The van der Waals surface area contributed by atoms with Gasteiger partial charge in [-0.05, 0) is 25.7 Å². The second-order valence-corrected chi connectivity index (χ2v) is 9.65. The Hall–Kier alpha value is -1.50. The van der Waals surface area contributed by atoms with Crippen molar-refractivity contribution in [1.82, 2.24) is 10.4 Å². The fourth-order valence-corrected chi connectivity index (χ4v) is 4.32. The van der Waals surface area contributed by atoms with E-state index in [1.807, 2.05) is 0 Å². The number of rotatable bonds is 14. The molecule has 0 saturated carbocycles. The summed E-state index contributed by atoms with van der Waals surface area (Å²) in [7, 11) is 3.20. The van der Waals surface area contributed by atoms with E-state index in [1.54, 1.807) is 14.1 Å². The molecule has 2 rings (SSSR count). The number of hydrogen-bond donors (Lipinski definition) is 8. The molecule has 2 aliphatic rings. The summed E-state index contributed by atoms with van der Waals surface area (Å²) in [5.41, 5.74) is 0. The smallest absolute Gasteiger partial charge is 0.325 e. The molecular formula is C23H42N2O13. The molecule has 0 aromatic carbocycles. The van der Waals surface area contributed by atoms with Crippen LogP contribution in [0.2, 0.25) is 0 Å². The second kappa shape index (κ2) is 15.9. The van der Waals surface area contributed by atoms with Gasteiger partial charge in [-0.2, -0.15) is 0 Å². The molecule has 2 heterocycles. The number of carbonyl (C=O) groups excluding carboxylic acids is 2. The molecule has 2 fully saturated rings. The highest BCUT2D eigenvalue weighted by Crippen LogP contribution is 2.30. The van der Waals surface area contributed by atoms with Crippen LogP contribution in [0.4, 0.5) is 0 Å². The van der Waals surface area contributed by atoms with E-state index in [0.29, 0.717) is 19.3 Å². The number of amides is 1. The molecule has 1 amide bonds. The lowest BCUT2D eigenvalue weighted by Crippen LogP contribution is -2.64. The van der Waals surface area contributed by atoms with Gasteiger partial charge in [-0.15, -0.1) is 5.06 Å². The molecule has 222 valence electrons. The third-order valence-electron chi connectivity index (χ3n) is 6.41. The van der Waals surface area contributed by atoms with Crippen LogP contribution < -0.4 is 5.32 Å². The van der Waals surface area contributed by atoms with Crippen molar-refractivity contribution >= 4 is 11.9 Å². The number of aliphatic hydroxyl groups excluding tert-OH is 7. The van der Waals surface area contributed by atoms with E-state index in [-0.39, 0.29) is 37.7 Å². The molecule has 0 bridgehead atoms. The summed E-state index contributed by atoms with van der Waals surface area (Å²) in [6.07, 6.45) is -12.3. The number of hydrogen-bond acceptors (Lipinski definition) is 14. The van der Waals surface area contributed by atoms with Crippen molar-refractivity contribution in [3.63, 3.8) is 0 Å². The Kier molecular flexibility index (Phi) is 13.7. The van der Waals surface area contributed by atoms with Crippen LogP contribution in [0.5, 0.6) is 0 Å². The number of nitrogens with one attached hydrogen (secondary N) is 1. The Morgan fingerprint density at radius 3 is 2.03 bits per heavy atom. The summed E-state index contributed by atoms with van der Waals surface area (Å²) in [5.74, 6) is -0.579. The van der Waals surface area contributed by atoms with E-state index in [9.17, 15) is 45.3 Å². The van der Waals surface area contributed by atoms with Gasteiger partial charge in [0.2, 0.25) is 5.91 Å². The van der Waals surface area contributed by atoms with E-state index in [4.69, 9.17) is 19.0 Å². The maximum atomic E-state index is 12.0. The van der Waals surface area contributed by atoms with Crippen molar-refractivity contribution in [1.29, 1.82) is 0 Å². The molecule has 0 aliphatic carbocycles. The lowest BCUT2D eigenvalue weighted by Gasteiger charge is -2.46. The predicted molar refractivity (Wildman–Crippen MR) is 127 cm³/mol. The number of aliphatic hydroxyl groups is 7. The van der Waals surface area contributed by atoms with Gasteiger partial charge in [0.05, 0.1) is 19.3 Å². The Morgan fingerprint density at radius 2 is 1.39 bits per heavy atom. The molecule has 15 heteroatoms. The average molecular weight is 555 g/mol. The minimum absolute atomic E-state index is 0.201. The number of hydroxylamine groups is 2. The van der Waals surface area contributed by atoms with Crippen LogP contribution in [-0.2, 0) is 28.6 Å². The van der Waals surface area contributed by atoms with Crippen molar-refractivity contribution in [3.8, 4) is 0 Å². The van der Waals surface area contributed by atoms with Crippen LogP contribution in [0.15, 0.2) is 0 Å². The zero-order valence-corrected chi connectivity index (χ0v) is 21.7. The third kappa shape index (κ3) is 9.31. The molecule has 2 aliphatic heterocycles. The lowest BCUT2D eigenvalue weighted by molar-refractivity contribution is -0.341. The molecule has 2 saturated heterocycles. The quantitative estimate of drug-likeness (QED) is 0.0759. The fraction of sp³-hybridized carbons (Fsp3) is 0.913. The molecule has 10 atom stereocenters. The van der Waals surface area contributed by atoms with Crippen LogP contribution in [-0.4, -0.2) is 148 Å². The maximum Gasteiger partial charge on any atom is 0.325 e. The molecule has 8 N–H and O–H groups in total. The van der Waals surface area contributed by atoms with E-state index < -0.39 is 74.4 Å². The van der Waals surface area contributed by atoms with Gasteiger partial charge < -0.3 is 60.1 Å². The van der Waals surface area contributed by atoms with Gasteiger partial charge in [0, 0.05) is 33.5 Å². The standard InChI is InChI=1S/C23H42N2O13/c1-25(2)38-16(29)8-4-3-7-15(28)24-9-5-6-12-18(31)22(19(32)14(11-27)35-12)37-23-21(34)20(33)17(30)13(10-26)36-23/h12-14,17-23,26-27,30-34H,3-11H2,1-2H3,(H,24,28)/t12-,13?,14?,17-,18?,19-,20?,21?,22?,23-/m1/s1. The second-order valence-electron chi connectivity index (χ2n) is 9.65. The van der Waals surface area contributed by atoms with E-state index in [1.165, 1.54) is 5.06 Å². The SMILES string of the molecule is CN(C)OC(=O)CCCCC(=O)NCCC[C@H]1OC(CO)[C@@H](O)C(O[C@H]2OC(CO)[C@@H](O)C(O)C2O)C1O. The Balaban J connectivity index is 1.81. The van der Waals surface area contributed by atoms with Gasteiger partial charge in [-0.25, -0.2) is 0 Å². The Morgan fingerprint density at radius 1 is 0.789 bits per heavy atom. The van der Waals surface area contributed by atoms with E-state index in [2.05, 4.69) is 5.32 Å². The van der Waals surface area contributed by atoms with Crippen LogP contribution in [0.1, 0.15) is 38.5 Å². The van der Waals surface area contributed by atoms with Gasteiger partial charge >= 0.3 is 5.97 Å². The Bertz CT molecular complexity index is 727. The highest BCUT2D eigenvalue weighted by Gasteiger charge is 2.50. The minimum atomic E-state index is -1.74. The predicted octanol–water partition coefficient (Wildman–Crippen LogP) is -3.87. The Labute approximate surface area is 220 Å². The van der Waals surface area contributed by atoms with Crippen LogP contribution >= 0.6 is 0 Å². The summed E-state index contributed by atoms with van der Waals surface area (Å²) in [5, 5.41) is 74.5. The summed E-state index contributed by atoms with van der Waals surface area (Å²) in [6, 6.07) is 0. The van der Waals surface area contributed by atoms with Crippen molar-refractivity contribution in [2.75, 3.05) is 33.9 Å². The van der Waals surface area contributed by atoms with Gasteiger partial charge in [0.1, 0.15) is 48.8 Å². The summed E-state index contributed by atoms with van der Waals surface area (Å²) < 4.78 is 16.5. The molecule has 0 aromatic heterocycles. The topological polar surface area (TPSA) is 228 Å². The molecule has 0 radical (unpaired) electrons. The van der Waals surface area contributed by atoms with Crippen LogP contribution in [0.3, 0.4) is 0 Å². The average Bonchev–Trinajstić information content (AvgIpc) is 2.87. The van der Waals surface area contributed by atoms with Gasteiger partial charge in [-0.1, -0.05) is 0 Å². The number of ether oxygens (including phenoxy) is 3.